The highest BCUT2D eigenvalue weighted by Crippen LogP contribution is 2.27. The molecule has 7 heteroatoms. The summed E-state index contributed by atoms with van der Waals surface area (Å²) in [5.74, 6) is 1.40. The minimum absolute atomic E-state index is 0.0180. The van der Waals surface area contributed by atoms with Crippen LogP contribution in [0.15, 0.2) is 16.7 Å². The summed E-state index contributed by atoms with van der Waals surface area (Å²) in [4.78, 5) is 11.1. The van der Waals surface area contributed by atoms with Crippen LogP contribution in [-0.4, -0.2) is 36.5 Å². The summed E-state index contributed by atoms with van der Waals surface area (Å²) < 4.78 is 29.2. The number of rotatable bonds is 5. The highest BCUT2D eigenvalue weighted by molar-refractivity contribution is 7.90. The van der Waals surface area contributed by atoms with E-state index in [1.54, 1.807) is 13.1 Å². The van der Waals surface area contributed by atoms with E-state index in [0.29, 0.717) is 23.3 Å². The van der Waals surface area contributed by atoms with Gasteiger partial charge in [-0.05, 0) is 19.9 Å². The van der Waals surface area contributed by atoms with Crippen LogP contribution >= 0.6 is 0 Å². The first-order chi connectivity index (χ1) is 9.30. The second-order valence-corrected chi connectivity index (χ2v) is 7.03. The molecule has 0 atom stereocenters. The number of aromatic nitrogens is 2. The van der Waals surface area contributed by atoms with Crippen LogP contribution in [0.3, 0.4) is 0 Å². The number of aryl methyl sites for hydroxylation is 3. The molecule has 0 amide bonds. The van der Waals surface area contributed by atoms with Crippen LogP contribution in [0.25, 0.3) is 11.3 Å². The van der Waals surface area contributed by atoms with E-state index >= 15 is 0 Å². The Bertz CT molecular complexity index is 741. The van der Waals surface area contributed by atoms with Gasteiger partial charge in [-0.25, -0.2) is 8.42 Å². The molecule has 0 radical (unpaired) electrons. The SMILES string of the molecule is Cc1cc(-c2nn(CCS(C)(=O)=O)cc2C=O)c(C)o1. The van der Waals surface area contributed by atoms with Crippen molar-refractivity contribution in [2.75, 3.05) is 12.0 Å². The number of aldehydes is 1. The summed E-state index contributed by atoms with van der Waals surface area (Å²) in [6.45, 7) is 3.83. The number of nitrogens with zero attached hydrogens (tertiary/aromatic N) is 2. The maximum atomic E-state index is 11.2. The zero-order chi connectivity index (χ0) is 14.9. The van der Waals surface area contributed by atoms with Gasteiger partial charge in [0.15, 0.2) is 6.29 Å². The second kappa shape index (κ2) is 5.24. The van der Waals surface area contributed by atoms with Crippen molar-refractivity contribution in [3.05, 3.63) is 29.3 Å². The molecule has 6 nitrogen and oxygen atoms in total. The minimum atomic E-state index is -3.07. The Labute approximate surface area is 117 Å². The van der Waals surface area contributed by atoms with E-state index in [0.717, 1.165) is 11.3 Å². The number of hydrogen-bond donors (Lipinski definition) is 0. The van der Waals surface area contributed by atoms with Gasteiger partial charge in [0.25, 0.3) is 0 Å². The third-order valence-corrected chi connectivity index (χ3v) is 3.83. The summed E-state index contributed by atoms with van der Waals surface area (Å²) >= 11 is 0. The summed E-state index contributed by atoms with van der Waals surface area (Å²) in [5, 5.41) is 4.29. The zero-order valence-electron chi connectivity index (χ0n) is 11.6. The van der Waals surface area contributed by atoms with Gasteiger partial charge in [0, 0.05) is 18.0 Å². The molecule has 0 bridgehead atoms. The molecule has 0 fully saturated rings. The summed E-state index contributed by atoms with van der Waals surface area (Å²) in [6.07, 6.45) is 3.43. The van der Waals surface area contributed by atoms with Crippen LogP contribution in [0.2, 0.25) is 0 Å². The molecule has 2 aromatic rings. The lowest BCUT2D eigenvalue weighted by Gasteiger charge is -1.99. The van der Waals surface area contributed by atoms with E-state index in [9.17, 15) is 13.2 Å². The molecule has 0 unspecified atom stereocenters. The molecule has 20 heavy (non-hydrogen) atoms. The van der Waals surface area contributed by atoms with Gasteiger partial charge in [-0.2, -0.15) is 5.10 Å². The Morgan fingerprint density at radius 2 is 2.10 bits per heavy atom. The number of carbonyl (C=O) groups is 1. The summed E-state index contributed by atoms with van der Waals surface area (Å²) in [6, 6.07) is 1.81. The van der Waals surface area contributed by atoms with Gasteiger partial charge >= 0.3 is 0 Å². The lowest BCUT2D eigenvalue weighted by atomic mass is 10.1. The maximum absolute atomic E-state index is 11.2. The van der Waals surface area contributed by atoms with Gasteiger partial charge in [0.05, 0.1) is 17.9 Å². The van der Waals surface area contributed by atoms with Crippen LogP contribution in [-0.2, 0) is 16.4 Å². The fourth-order valence-corrected chi connectivity index (χ4v) is 2.49. The molecule has 0 aromatic carbocycles. The highest BCUT2D eigenvalue weighted by Gasteiger charge is 2.16. The molecule has 0 saturated carbocycles. The van der Waals surface area contributed by atoms with Crippen molar-refractivity contribution in [2.24, 2.45) is 0 Å². The molecule has 0 N–H and O–H groups in total. The zero-order valence-corrected chi connectivity index (χ0v) is 12.4. The Hall–Kier alpha value is -1.89. The van der Waals surface area contributed by atoms with Crippen molar-refractivity contribution >= 4 is 16.1 Å². The smallest absolute Gasteiger partial charge is 0.153 e. The van der Waals surface area contributed by atoms with Gasteiger partial charge in [-0.1, -0.05) is 0 Å². The van der Waals surface area contributed by atoms with Crippen molar-refractivity contribution in [3.8, 4) is 11.3 Å². The number of carbonyl (C=O) groups excluding carboxylic acids is 1. The third kappa shape index (κ3) is 3.16. The minimum Gasteiger partial charge on any atom is -0.466 e. The van der Waals surface area contributed by atoms with Gasteiger partial charge in [-0.15, -0.1) is 0 Å². The van der Waals surface area contributed by atoms with Gasteiger partial charge < -0.3 is 4.42 Å². The number of hydrogen-bond acceptors (Lipinski definition) is 5. The second-order valence-electron chi connectivity index (χ2n) is 4.77. The molecule has 0 aliphatic heterocycles. The van der Waals surface area contributed by atoms with Crippen molar-refractivity contribution in [3.63, 3.8) is 0 Å². The predicted octanol–water partition coefficient (Wildman–Crippen LogP) is 1.62. The maximum Gasteiger partial charge on any atom is 0.153 e. The molecular formula is C13H16N2O4S. The molecule has 0 saturated heterocycles. The first-order valence-electron chi connectivity index (χ1n) is 6.08. The highest BCUT2D eigenvalue weighted by atomic mass is 32.2. The predicted molar refractivity (Wildman–Crippen MR) is 74.5 cm³/mol. The van der Waals surface area contributed by atoms with Crippen LogP contribution in [0.4, 0.5) is 0 Å². The van der Waals surface area contributed by atoms with E-state index in [2.05, 4.69) is 5.10 Å². The fraction of sp³-hybridized carbons (Fsp3) is 0.385. The van der Waals surface area contributed by atoms with Gasteiger partial charge in [-0.3, -0.25) is 9.48 Å². The van der Waals surface area contributed by atoms with Crippen LogP contribution in [0, 0.1) is 13.8 Å². The molecule has 0 aliphatic rings. The molecule has 108 valence electrons. The third-order valence-electron chi connectivity index (χ3n) is 2.90. The molecule has 0 spiro atoms. The van der Waals surface area contributed by atoms with E-state index in [1.807, 2.05) is 13.0 Å². The molecule has 2 aromatic heterocycles. The lowest BCUT2D eigenvalue weighted by Crippen LogP contribution is -2.11. The van der Waals surface area contributed by atoms with Crippen molar-refractivity contribution in [1.29, 1.82) is 0 Å². The van der Waals surface area contributed by atoms with E-state index in [4.69, 9.17) is 4.42 Å². The van der Waals surface area contributed by atoms with Crippen molar-refractivity contribution < 1.29 is 17.6 Å². The van der Waals surface area contributed by atoms with Gasteiger partial charge in [0.1, 0.15) is 27.1 Å². The van der Waals surface area contributed by atoms with Crippen molar-refractivity contribution in [2.45, 2.75) is 20.4 Å². The van der Waals surface area contributed by atoms with E-state index < -0.39 is 9.84 Å². The molecule has 2 rings (SSSR count). The van der Waals surface area contributed by atoms with Crippen molar-refractivity contribution in [1.82, 2.24) is 9.78 Å². The molecule has 0 aliphatic carbocycles. The van der Waals surface area contributed by atoms with Gasteiger partial charge in [0.2, 0.25) is 0 Å². The average molecular weight is 296 g/mol. The van der Waals surface area contributed by atoms with Crippen LogP contribution in [0.5, 0.6) is 0 Å². The first-order valence-corrected chi connectivity index (χ1v) is 8.14. The molecule has 2 heterocycles. The van der Waals surface area contributed by atoms with Crippen LogP contribution in [0.1, 0.15) is 21.9 Å². The summed E-state index contributed by atoms with van der Waals surface area (Å²) in [7, 11) is -3.07. The quantitative estimate of drug-likeness (QED) is 0.783. The average Bonchev–Trinajstić information content (AvgIpc) is 2.88. The van der Waals surface area contributed by atoms with E-state index in [1.165, 1.54) is 10.9 Å². The topological polar surface area (TPSA) is 82.2 Å². The Morgan fingerprint density at radius 1 is 1.40 bits per heavy atom. The Balaban J connectivity index is 2.37. The Kier molecular flexibility index (Phi) is 3.80. The monoisotopic (exact) mass is 296 g/mol. The summed E-state index contributed by atoms with van der Waals surface area (Å²) in [5.41, 5.74) is 1.69. The van der Waals surface area contributed by atoms with E-state index in [-0.39, 0.29) is 12.3 Å². The normalized spacial score (nSPS) is 11.8. The first kappa shape index (κ1) is 14.5. The standard InChI is InChI=1S/C13H16N2O4S/c1-9-6-12(10(2)19-9)13-11(8-16)7-15(14-13)4-5-20(3,17)18/h6-8H,4-5H2,1-3H3. The Morgan fingerprint density at radius 3 is 2.60 bits per heavy atom. The fourth-order valence-electron chi connectivity index (χ4n) is 1.97. The number of furan rings is 1. The number of sulfone groups is 1. The largest absolute Gasteiger partial charge is 0.466 e. The lowest BCUT2D eigenvalue weighted by molar-refractivity contribution is 0.112. The van der Waals surface area contributed by atoms with Crippen LogP contribution < -0.4 is 0 Å². The molecular weight excluding hydrogens is 280 g/mol.